The molecule has 0 aromatic heterocycles. The molecule has 3 N–H and O–H groups in total. The summed E-state index contributed by atoms with van der Waals surface area (Å²) >= 11 is 0. The predicted octanol–water partition coefficient (Wildman–Crippen LogP) is 5.49. The van der Waals surface area contributed by atoms with Crippen molar-refractivity contribution in [1.82, 2.24) is 0 Å². The van der Waals surface area contributed by atoms with Crippen LogP contribution in [0.15, 0.2) is 11.6 Å². The van der Waals surface area contributed by atoms with Crippen molar-refractivity contribution in [3.63, 3.8) is 0 Å². The van der Waals surface area contributed by atoms with Gasteiger partial charge in [0, 0.05) is 5.41 Å². The summed E-state index contributed by atoms with van der Waals surface area (Å²) in [5.74, 6) is 1.36. The van der Waals surface area contributed by atoms with Gasteiger partial charge in [0.2, 0.25) is 0 Å². The van der Waals surface area contributed by atoms with Crippen molar-refractivity contribution in [1.29, 1.82) is 0 Å². The van der Waals surface area contributed by atoms with E-state index in [0.29, 0.717) is 17.8 Å². The molecule has 3 saturated carbocycles. The Hall–Kier alpha value is -0.420. The van der Waals surface area contributed by atoms with Crippen LogP contribution < -0.4 is 0 Å². The lowest BCUT2D eigenvalue weighted by Crippen LogP contribution is -2.59. The van der Waals surface area contributed by atoms with Crippen molar-refractivity contribution in [2.75, 3.05) is 6.61 Å². The summed E-state index contributed by atoms with van der Waals surface area (Å²) in [6.45, 7) is 16.3. The standard InChI is InChI=1S/C30H50O4/c1-18(22-11-13-26(2,3)34-22)25-21(32)16-30(7)20-8-9-23-27(4,19(20)10-15-29(25,30)6)14-12-24(33)28(23,5)17-31/h10,18,20-25,31-33H,8-9,11-17H2,1-7H3/t18-,20-,21+,22+,23-,24+,25+,27-,28+,29-,30+/m1/s1. The average molecular weight is 475 g/mol. The van der Waals surface area contributed by atoms with Gasteiger partial charge in [-0.15, -0.1) is 0 Å². The molecule has 4 aliphatic carbocycles. The number of aliphatic hydroxyl groups is 3. The first-order chi connectivity index (χ1) is 15.7. The van der Waals surface area contributed by atoms with Crippen molar-refractivity contribution in [3.05, 3.63) is 11.6 Å². The van der Waals surface area contributed by atoms with Crippen LogP contribution in [0, 0.1) is 45.3 Å². The second-order valence-corrected chi connectivity index (χ2v) is 14.6. The monoisotopic (exact) mass is 474 g/mol. The first-order valence-corrected chi connectivity index (χ1v) is 14.1. The van der Waals surface area contributed by atoms with Crippen LogP contribution in [0.1, 0.15) is 99.8 Å². The largest absolute Gasteiger partial charge is 0.396 e. The van der Waals surface area contributed by atoms with E-state index >= 15 is 0 Å². The number of aliphatic hydroxyl groups excluding tert-OH is 3. The fraction of sp³-hybridized carbons (Fsp3) is 0.933. The highest BCUT2D eigenvalue weighted by molar-refractivity contribution is 5.33. The van der Waals surface area contributed by atoms with Crippen molar-refractivity contribution in [3.8, 4) is 0 Å². The van der Waals surface area contributed by atoms with Gasteiger partial charge in [0.05, 0.1) is 30.5 Å². The normalized spacial score (nSPS) is 55.2. The first-order valence-electron chi connectivity index (χ1n) is 14.1. The SMILES string of the molecule is C[C@@H]([C@H]1[C@@H](O)C[C@@]2(C)[C@@H]3CC[C@H]4[C@](C)(CO)[C@@H](O)CC[C@]4(C)C3=CC[C@]12C)[C@@H]1CCC(C)(C)O1. The number of ether oxygens (including phenoxy) is 1. The Bertz CT molecular complexity index is 851. The highest BCUT2D eigenvalue weighted by Gasteiger charge is 2.68. The summed E-state index contributed by atoms with van der Waals surface area (Å²) in [6, 6.07) is 0. The van der Waals surface area contributed by atoms with E-state index in [1.807, 2.05) is 0 Å². The van der Waals surface area contributed by atoms with E-state index in [-0.39, 0.29) is 46.6 Å². The molecule has 4 nitrogen and oxygen atoms in total. The minimum Gasteiger partial charge on any atom is -0.396 e. The van der Waals surface area contributed by atoms with E-state index in [1.54, 1.807) is 5.57 Å². The summed E-state index contributed by atoms with van der Waals surface area (Å²) in [6.07, 6.45) is 10.1. The van der Waals surface area contributed by atoms with Gasteiger partial charge < -0.3 is 20.1 Å². The average Bonchev–Trinajstić information content (AvgIpc) is 3.23. The molecule has 1 saturated heterocycles. The van der Waals surface area contributed by atoms with Crippen LogP contribution in [-0.2, 0) is 4.74 Å². The second-order valence-electron chi connectivity index (χ2n) is 14.6. The Morgan fingerprint density at radius 1 is 0.971 bits per heavy atom. The smallest absolute Gasteiger partial charge is 0.0631 e. The van der Waals surface area contributed by atoms with Gasteiger partial charge in [-0.1, -0.05) is 46.3 Å². The topological polar surface area (TPSA) is 69.9 Å². The molecule has 34 heavy (non-hydrogen) atoms. The van der Waals surface area contributed by atoms with E-state index in [0.717, 1.165) is 51.4 Å². The van der Waals surface area contributed by atoms with Crippen molar-refractivity contribution in [2.45, 2.75) is 124 Å². The highest BCUT2D eigenvalue weighted by atomic mass is 16.5. The van der Waals surface area contributed by atoms with E-state index in [2.05, 4.69) is 54.5 Å². The quantitative estimate of drug-likeness (QED) is 0.473. The van der Waals surface area contributed by atoms with Crippen LogP contribution in [-0.4, -0.2) is 45.8 Å². The first kappa shape index (κ1) is 25.2. The van der Waals surface area contributed by atoms with Crippen LogP contribution >= 0.6 is 0 Å². The molecule has 1 aliphatic heterocycles. The highest BCUT2D eigenvalue weighted by Crippen LogP contribution is 2.73. The zero-order valence-corrected chi connectivity index (χ0v) is 22.7. The molecule has 0 radical (unpaired) electrons. The van der Waals surface area contributed by atoms with Gasteiger partial charge in [-0.25, -0.2) is 0 Å². The summed E-state index contributed by atoms with van der Waals surface area (Å²) < 4.78 is 6.49. The molecule has 0 aromatic carbocycles. The molecular weight excluding hydrogens is 424 g/mol. The maximum Gasteiger partial charge on any atom is 0.0631 e. The molecule has 5 aliphatic rings. The maximum absolute atomic E-state index is 11.6. The third-order valence-electron chi connectivity index (χ3n) is 12.6. The lowest BCUT2D eigenvalue weighted by Gasteiger charge is -2.64. The van der Waals surface area contributed by atoms with E-state index in [1.165, 1.54) is 0 Å². The third kappa shape index (κ3) is 3.17. The molecule has 11 atom stereocenters. The summed E-state index contributed by atoms with van der Waals surface area (Å²) in [7, 11) is 0. The fourth-order valence-corrected chi connectivity index (χ4v) is 10.4. The molecule has 0 spiro atoms. The Morgan fingerprint density at radius 3 is 2.29 bits per heavy atom. The van der Waals surface area contributed by atoms with E-state index < -0.39 is 11.5 Å². The predicted molar refractivity (Wildman–Crippen MR) is 135 cm³/mol. The molecule has 4 heteroatoms. The molecule has 0 unspecified atom stereocenters. The van der Waals surface area contributed by atoms with Gasteiger partial charge in [-0.05, 0) is 105 Å². The van der Waals surface area contributed by atoms with E-state index in [9.17, 15) is 15.3 Å². The number of rotatable bonds is 3. The molecule has 0 aromatic rings. The molecule has 5 rings (SSSR count). The number of fused-ring (bicyclic) bond motifs is 5. The van der Waals surface area contributed by atoms with Gasteiger partial charge in [-0.3, -0.25) is 0 Å². The lowest BCUT2D eigenvalue weighted by atomic mass is 9.41. The minimum absolute atomic E-state index is 0.0250. The van der Waals surface area contributed by atoms with Crippen LogP contribution in [0.4, 0.5) is 0 Å². The Kier molecular flexibility index (Phi) is 5.78. The number of hydrogen-bond acceptors (Lipinski definition) is 4. The van der Waals surface area contributed by atoms with Gasteiger partial charge >= 0.3 is 0 Å². The number of hydrogen-bond donors (Lipinski definition) is 3. The Balaban J connectivity index is 1.50. The van der Waals surface area contributed by atoms with Crippen molar-refractivity contribution < 1.29 is 20.1 Å². The Morgan fingerprint density at radius 2 is 1.68 bits per heavy atom. The van der Waals surface area contributed by atoms with Gasteiger partial charge in [-0.2, -0.15) is 0 Å². The van der Waals surface area contributed by atoms with Crippen LogP contribution in [0.3, 0.4) is 0 Å². The van der Waals surface area contributed by atoms with Gasteiger partial charge in [0.25, 0.3) is 0 Å². The summed E-state index contributed by atoms with van der Waals surface area (Å²) in [5.41, 5.74) is 1.23. The zero-order valence-electron chi connectivity index (χ0n) is 22.7. The zero-order chi connectivity index (χ0) is 24.9. The second kappa shape index (κ2) is 7.79. The summed E-state index contributed by atoms with van der Waals surface area (Å²) in [4.78, 5) is 0. The third-order valence-corrected chi connectivity index (χ3v) is 12.6. The lowest BCUT2D eigenvalue weighted by molar-refractivity contribution is -0.145. The van der Waals surface area contributed by atoms with E-state index in [4.69, 9.17) is 4.74 Å². The van der Waals surface area contributed by atoms with Crippen LogP contribution in [0.5, 0.6) is 0 Å². The maximum atomic E-state index is 11.6. The summed E-state index contributed by atoms with van der Waals surface area (Å²) in [5, 5.41) is 32.8. The minimum atomic E-state index is -0.431. The van der Waals surface area contributed by atoms with Crippen molar-refractivity contribution in [2.24, 2.45) is 45.3 Å². The molecule has 1 heterocycles. The molecule has 0 bridgehead atoms. The van der Waals surface area contributed by atoms with Crippen LogP contribution in [0.25, 0.3) is 0 Å². The van der Waals surface area contributed by atoms with Gasteiger partial charge in [0.1, 0.15) is 0 Å². The Labute approximate surface area is 207 Å². The molecule has 0 amide bonds. The molecule has 4 fully saturated rings. The van der Waals surface area contributed by atoms with Gasteiger partial charge in [0.15, 0.2) is 0 Å². The fourth-order valence-electron chi connectivity index (χ4n) is 10.4. The number of allylic oxidation sites excluding steroid dienone is 2. The van der Waals surface area contributed by atoms with Crippen molar-refractivity contribution >= 4 is 0 Å². The molecular formula is C30H50O4. The molecule has 194 valence electrons. The van der Waals surface area contributed by atoms with Crippen LogP contribution in [0.2, 0.25) is 0 Å².